The largest absolute Gasteiger partial charge is 0.297 e. The van der Waals surface area contributed by atoms with E-state index >= 15 is 0 Å². The summed E-state index contributed by atoms with van der Waals surface area (Å²) >= 11 is 0. The minimum Gasteiger partial charge on any atom is -0.297 e. The summed E-state index contributed by atoms with van der Waals surface area (Å²) in [5.41, 5.74) is 1.31. The molecule has 0 aliphatic heterocycles. The van der Waals surface area contributed by atoms with Crippen molar-refractivity contribution in [2.24, 2.45) is 10.9 Å². The third-order valence-corrected chi connectivity index (χ3v) is 1.32. The molecule has 0 aliphatic rings. The van der Waals surface area contributed by atoms with E-state index in [1.54, 1.807) is 0 Å². The molecule has 0 aromatic heterocycles. The average Bonchev–Trinajstić information content (AvgIpc) is 1.69. The Balaban J connectivity index is 3.72. The number of hydrogen-bond acceptors (Lipinski definition) is 1. The van der Waals surface area contributed by atoms with E-state index in [-0.39, 0.29) is 0 Å². The van der Waals surface area contributed by atoms with Gasteiger partial charge in [-0.05, 0) is 12.3 Å². The van der Waals surface area contributed by atoms with Crippen LogP contribution in [-0.4, -0.2) is 12.8 Å². The van der Waals surface area contributed by atoms with Gasteiger partial charge in [0.25, 0.3) is 0 Å². The van der Waals surface area contributed by atoms with Gasteiger partial charge in [0.05, 0.1) is 0 Å². The Kier molecular flexibility index (Phi) is 3.49. The zero-order chi connectivity index (χ0) is 6.57. The van der Waals surface area contributed by atoms with Gasteiger partial charge in [-0.3, -0.25) is 4.99 Å². The highest BCUT2D eigenvalue weighted by molar-refractivity contribution is 5.85. The Labute approximate surface area is 51.8 Å². The van der Waals surface area contributed by atoms with E-state index in [0.717, 1.165) is 6.42 Å². The molecular formula is C7H15N. The summed E-state index contributed by atoms with van der Waals surface area (Å²) < 4.78 is 0. The fraction of sp³-hybridized carbons (Fsp3) is 0.857. The van der Waals surface area contributed by atoms with E-state index in [9.17, 15) is 0 Å². The quantitative estimate of drug-likeness (QED) is 0.486. The van der Waals surface area contributed by atoms with Gasteiger partial charge in [0, 0.05) is 12.8 Å². The van der Waals surface area contributed by atoms with Crippen LogP contribution in [0.3, 0.4) is 0 Å². The number of hydrogen-bond donors (Lipinski definition) is 0. The molecule has 0 aromatic carbocycles. The van der Waals surface area contributed by atoms with Gasteiger partial charge in [0.1, 0.15) is 0 Å². The molecule has 0 amide bonds. The van der Waals surface area contributed by atoms with E-state index < -0.39 is 0 Å². The van der Waals surface area contributed by atoms with Crippen molar-refractivity contribution < 1.29 is 0 Å². The Morgan fingerprint density at radius 3 is 2.00 bits per heavy atom. The molecule has 0 radical (unpaired) electrons. The molecule has 8 heavy (non-hydrogen) atoms. The molecule has 0 rings (SSSR count). The highest BCUT2D eigenvalue weighted by atomic mass is 14.7. The van der Waals surface area contributed by atoms with Gasteiger partial charge in [-0.15, -0.1) is 0 Å². The van der Waals surface area contributed by atoms with Crippen molar-refractivity contribution in [2.75, 3.05) is 7.05 Å². The van der Waals surface area contributed by atoms with Crippen LogP contribution in [0.15, 0.2) is 4.99 Å². The Morgan fingerprint density at radius 2 is 2.00 bits per heavy atom. The zero-order valence-electron chi connectivity index (χ0n) is 6.23. The van der Waals surface area contributed by atoms with Crippen LogP contribution in [0.2, 0.25) is 0 Å². The van der Waals surface area contributed by atoms with Gasteiger partial charge in [-0.2, -0.15) is 0 Å². The van der Waals surface area contributed by atoms with E-state index in [2.05, 4.69) is 25.8 Å². The molecule has 0 saturated carbocycles. The molecule has 1 nitrogen and oxygen atoms in total. The molecule has 0 aromatic rings. The first-order chi connectivity index (χ1) is 3.72. The molecule has 0 heterocycles. The maximum atomic E-state index is 4.12. The maximum absolute atomic E-state index is 4.12. The number of aliphatic imine (C=N–C) groups is 1. The lowest BCUT2D eigenvalue weighted by Gasteiger charge is -2.03. The fourth-order valence-electron chi connectivity index (χ4n) is 0.825. The summed E-state index contributed by atoms with van der Waals surface area (Å²) in [6.07, 6.45) is 1.09. The Morgan fingerprint density at radius 1 is 1.50 bits per heavy atom. The number of rotatable bonds is 2. The molecule has 0 saturated heterocycles. The summed E-state index contributed by atoms with van der Waals surface area (Å²) in [7, 11) is 1.86. The minimum absolute atomic E-state index is 0.630. The lowest BCUT2D eigenvalue weighted by Crippen LogP contribution is -2.04. The van der Waals surface area contributed by atoms with E-state index in [1.165, 1.54) is 5.71 Å². The Bertz CT molecular complexity index is 82.4. The molecule has 0 fully saturated rings. The van der Waals surface area contributed by atoms with Crippen LogP contribution < -0.4 is 0 Å². The summed E-state index contributed by atoms with van der Waals surface area (Å²) in [6, 6.07) is 0. The first-order valence-corrected chi connectivity index (χ1v) is 3.17. The highest BCUT2D eigenvalue weighted by Crippen LogP contribution is 1.99. The van der Waals surface area contributed by atoms with Crippen LogP contribution >= 0.6 is 0 Å². The van der Waals surface area contributed by atoms with Crippen LogP contribution in [0.5, 0.6) is 0 Å². The molecular weight excluding hydrogens is 98.1 g/mol. The first kappa shape index (κ1) is 7.67. The van der Waals surface area contributed by atoms with Crippen molar-refractivity contribution in [3.63, 3.8) is 0 Å². The monoisotopic (exact) mass is 113 g/mol. The second kappa shape index (κ2) is 3.65. The van der Waals surface area contributed by atoms with Crippen molar-refractivity contribution in [2.45, 2.75) is 27.2 Å². The van der Waals surface area contributed by atoms with Gasteiger partial charge in [-0.1, -0.05) is 20.8 Å². The van der Waals surface area contributed by atoms with Gasteiger partial charge in [0.15, 0.2) is 0 Å². The summed E-state index contributed by atoms with van der Waals surface area (Å²) in [4.78, 5) is 4.12. The second-order valence-electron chi connectivity index (χ2n) is 2.22. The van der Waals surface area contributed by atoms with Crippen LogP contribution in [-0.2, 0) is 0 Å². The molecule has 0 spiro atoms. The topological polar surface area (TPSA) is 12.4 Å². The Hall–Kier alpha value is -0.330. The lowest BCUT2D eigenvalue weighted by atomic mass is 10.1. The fourth-order valence-corrected chi connectivity index (χ4v) is 0.825. The van der Waals surface area contributed by atoms with Gasteiger partial charge in [-0.25, -0.2) is 0 Å². The molecule has 1 heteroatoms. The van der Waals surface area contributed by atoms with Crippen LogP contribution in [0.25, 0.3) is 0 Å². The molecule has 0 N–H and O–H groups in total. The maximum Gasteiger partial charge on any atom is 0.0276 e. The van der Waals surface area contributed by atoms with E-state index in [1.807, 2.05) is 7.05 Å². The molecule has 0 atom stereocenters. The normalized spacial score (nSPS) is 12.9. The van der Waals surface area contributed by atoms with Crippen LogP contribution in [0, 0.1) is 5.92 Å². The minimum atomic E-state index is 0.630. The average molecular weight is 113 g/mol. The van der Waals surface area contributed by atoms with Crippen molar-refractivity contribution in [1.29, 1.82) is 0 Å². The summed E-state index contributed by atoms with van der Waals surface area (Å²) in [5.74, 6) is 0.630. The molecule has 48 valence electrons. The van der Waals surface area contributed by atoms with Crippen molar-refractivity contribution >= 4 is 5.71 Å². The first-order valence-electron chi connectivity index (χ1n) is 3.17. The third-order valence-electron chi connectivity index (χ3n) is 1.32. The van der Waals surface area contributed by atoms with Crippen molar-refractivity contribution in [1.82, 2.24) is 0 Å². The van der Waals surface area contributed by atoms with E-state index in [4.69, 9.17) is 0 Å². The highest BCUT2D eigenvalue weighted by Gasteiger charge is 1.98. The third kappa shape index (κ3) is 2.10. The van der Waals surface area contributed by atoms with Crippen LogP contribution in [0.1, 0.15) is 27.2 Å². The zero-order valence-corrected chi connectivity index (χ0v) is 6.23. The number of nitrogens with zero attached hydrogens (tertiary/aromatic N) is 1. The summed E-state index contributed by atoms with van der Waals surface area (Å²) in [5, 5.41) is 0. The van der Waals surface area contributed by atoms with Crippen molar-refractivity contribution in [3.8, 4) is 0 Å². The van der Waals surface area contributed by atoms with Gasteiger partial charge >= 0.3 is 0 Å². The predicted molar refractivity (Wildman–Crippen MR) is 38.5 cm³/mol. The van der Waals surface area contributed by atoms with Gasteiger partial charge in [0.2, 0.25) is 0 Å². The van der Waals surface area contributed by atoms with Crippen molar-refractivity contribution in [3.05, 3.63) is 0 Å². The second-order valence-corrected chi connectivity index (χ2v) is 2.22. The molecule has 0 bridgehead atoms. The molecule has 0 aliphatic carbocycles. The lowest BCUT2D eigenvalue weighted by molar-refractivity contribution is 0.854. The van der Waals surface area contributed by atoms with E-state index in [0.29, 0.717) is 5.92 Å². The standard InChI is InChI=1S/C7H15N/c1-5-7(8-4)6(2)3/h6H,5H2,1-4H3/b8-7+. The SMILES string of the molecule is CC/C(=N\C)C(C)C. The van der Waals surface area contributed by atoms with Crippen LogP contribution in [0.4, 0.5) is 0 Å². The predicted octanol–water partition coefficient (Wildman–Crippen LogP) is 2.12. The smallest absolute Gasteiger partial charge is 0.0276 e. The molecule has 0 unspecified atom stereocenters. The van der Waals surface area contributed by atoms with Gasteiger partial charge < -0.3 is 0 Å². The summed E-state index contributed by atoms with van der Waals surface area (Å²) in [6.45, 7) is 6.49.